The number of carbonyl (C=O) groups excluding carboxylic acids is 1. The summed E-state index contributed by atoms with van der Waals surface area (Å²) in [7, 11) is 1.98. The van der Waals surface area contributed by atoms with Crippen LogP contribution in [0.25, 0.3) is 0 Å². The van der Waals surface area contributed by atoms with E-state index in [9.17, 15) is 4.79 Å². The van der Waals surface area contributed by atoms with E-state index in [-0.39, 0.29) is 12.4 Å². The lowest BCUT2D eigenvalue weighted by molar-refractivity contribution is -0.131. The molecule has 3 nitrogen and oxygen atoms in total. The van der Waals surface area contributed by atoms with Gasteiger partial charge in [-0.05, 0) is 38.1 Å². The van der Waals surface area contributed by atoms with Crippen LogP contribution in [-0.4, -0.2) is 37.0 Å². The third kappa shape index (κ3) is 4.77. The summed E-state index contributed by atoms with van der Waals surface area (Å²) in [5.41, 5.74) is 0. The van der Waals surface area contributed by atoms with E-state index in [2.05, 4.69) is 5.32 Å². The predicted molar refractivity (Wildman–Crippen MR) is 77.1 cm³/mol. The van der Waals surface area contributed by atoms with Crippen LogP contribution in [0, 0.1) is 5.92 Å². The summed E-state index contributed by atoms with van der Waals surface area (Å²) in [6.45, 7) is 2.07. The van der Waals surface area contributed by atoms with Crippen LogP contribution in [0.3, 0.4) is 0 Å². The monoisotopic (exact) mass is 274 g/mol. The maximum absolute atomic E-state index is 12.1. The summed E-state index contributed by atoms with van der Waals surface area (Å²) in [6, 6.07) is 0.441. The van der Waals surface area contributed by atoms with E-state index < -0.39 is 0 Å². The summed E-state index contributed by atoms with van der Waals surface area (Å²) in [5.74, 6) is 1.09. The highest BCUT2D eigenvalue weighted by Gasteiger charge is 2.22. The molecule has 1 saturated carbocycles. The molecule has 1 amide bonds. The number of rotatable bonds is 4. The maximum Gasteiger partial charge on any atom is 0.223 e. The number of carbonyl (C=O) groups is 1. The fourth-order valence-electron chi connectivity index (χ4n) is 3.16. The first-order valence-corrected chi connectivity index (χ1v) is 7.23. The zero-order chi connectivity index (χ0) is 12.1. The summed E-state index contributed by atoms with van der Waals surface area (Å²) in [4.78, 5) is 14.0. The van der Waals surface area contributed by atoms with Crippen LogP contribution < -0.4 is 5.32 Å². The van der Waals surface area contributed by atoms with Crippen LogP contribution in [0.15, 0.2) is 0 Å². The Morgan fingerprint density at radius 2 is 1.89 bits per heavy atom. The van der Waals surface area contributed by atoms with Crippen LogP contribution in [0.5, 0.6) is 0 Å². The number of nitrogens with one attached hydrogen (secondary N) is 1. The van der Waals surface area contributed by atoms with Crippen LogP contribution >= 0.6 is 12.4 Å². The molecule has 1 unspecified atom stereocenters. The van der Waals surface area contributed by atoms with Gasteiger partial charge in [-0.2, -0.15) is 0 Å². The molecule has 1 N–H and O–H groups in total. The Morgan fingerprint density at radius 1 is 1.17 bits per heavy atom. The minimum Gasteiger partial charge on any atom is -0.345 e. The van der Waals surface area contributed by atoms with Gasteiger partial charge in [0.25, 0.3) is 0 Å². The zero-order valence-electron chi connectivity index (χ0n) is 11.5. The topological polar surface area (TPSA) is 32.3 Å². The van der Waals surface area contributed by atoms with Gasteiger partial charge < -0.3 is 10.2 Å². The first kappa shape index (κ1) is 15.8. The Hall–Kier alpha value is -0.280. The van der Waals surface area contributed by atoms with Crippen molar-refractivity contribution in [2.75, 3.05) is 20.1 Å². The van der Waals surface area contributed by atoms with Gasteiger partial charge in [-0.3, -0.25) is 4.79 Å². The van der Waals surface area contributed by atoms with Gasteiger partial charge in [0.05, 0.1) is 0 Å². The molecule has 0 aromatic heterocycles. The lowest BCUT2D eigenvalue weighted by Gasteiger charge is -2.27. The van der Waals surface area contributed by atoms with Crippen molar-refractivity contribution in [3.8, 4) is 0 Å². The SMILES string of the molecule is CN(CC1CCCCC1)C(=O)CC1CCCN1.Cl. The number of amides is 1. The van der Waals surface area contributed by atoms with Gasteiger partial charge in [0.1, 0.15) is 0 Å². The molecule has 2 aliphatic rings. The van der Waals surface area contributed by atoms with E-state index in [0.717, 1.165) is 19.0 Å². The molecule has 2 rings (SSSR count). The molecule has 1 aliphatic heterocycles. The maximum atomic E-state index is 12.1. The second kappa shape index (κ2) is 8.00. The van der Waals surface area contributed by atoms with E-state index in [1.54, 1.807) is 0 Å². The molecule has 1 heterocycles. The number of halogens is 1. The van der Waals surface area contributed by atoms with Crippen molar-refractivity contribution in [1.82, 2.24) is 10.2 Å². The van der Waals surface area contributed by atoms with Gasteiger partial charge in [0.2, 0.25) is 5.91 Å². The molecule has 1 atom stereocenters. The molecular weight excluding hydrogens is 248 g/mol. The number of nitrogens with zero attached hydrogens (tertiary/aromatic N) is 1. The molecule has 1 aliphatic carbocycles. The minimum atomic E-state index is 0. The van der Waals surface area contributed by atoms with Gasteiger partial charge >= 0.3 is 0 Å². The third-order valence-electron chi connectivity index (χ3n) is 4.27. The molecule has 106 valence electrons. The summed E-state index contributed by atoms with van der Waals surface area (Å²) in [5, 5.41) is 3.40. The highest BCUT2D eigenvalue weighted by Crippen LogP contribution is 2.24. The highest BCUT2D eigenvalue weighted by atomic mass is 35.5. The largest absolute Gasteiger partial charge is 0.345 e. The van der Waals surface area contributed by atoms with Crippen LogP contribution in [0.4, 0.5) is 0 Å². The Labute approximate surface area is 117 Å². The lowest BCUT2D eigenvalue weighted by Crippen LogP contribution is -2.36. The average molecular weight is 275 g/mol. The fraction of sp³-hybridized carbons (Fsp3) is 0.929. The lowest BCUT2D eigenvalue weighted by atomic mass is 9.89. The van der Waals surface area contributed by atoms with Gasteiger partial charge in [-0.25, -0.2) is 0 Å². The Kier molecular flexibility index (Phi) is 7.02. The third-order valence-corrected chi connectivity index (χ3v) is 4.27. The Balaban J connectivity index is 0.00000162. The standard InChI is InChI=1S/C14H26N2O.ClH/c1-16(11-12-6-3-2-4-7-12)14(17)10-13-8-5-9-15-13;/h12-13,15H,2-11H2,1H3;1H. The molecule has 2 fully saturated rings. The van der Waals surface area contributed by atoms with Crippen molar-refractivity contribution in [3.05, 3.63) is 0 Å². The van der Waals surface area contributed by atoms with Gasteiger partial charge in [-0.1, -0.05) is 19.3 Å². The molecule has 0 spiro atoms. The smallest absolute Gasteiger partial charge is 0.223 e. The molecule has 0 aromatic carbocycles. The Bertz CT molecular complexity index is 248. The van der Waals surface area contributed by atoms with E-state index >= 15 is 0 Å². The summed E-state index contributed by atoms with van der Waals surface area (Å²) >= 11 is 0. The first-order chi connectivity index (χ1) is 8.25. The molecule has 4 heteroatoms. The van der Waals surface area contributed by atoms with Crippen LogP contribution in [0.2, 0.25) is 0 Å². The van der Waals surface area contributed by atoms with Crippen molar-refractivity contribution < 1.29 is 4.79 Å². The normalized spacial score (nSPS) is 24.6. The van der Waals surface area contributed by atoms with Crippen molar-refractivity contribution in [3.63, 3.8) is 0 Å². The molecule has 1 saturated heterocycles. The van der Waals surface area contributed by atoms with Gasteiger partial charge in [-0.15, -0.1) is 12.4 Å². The number of hydrogen-bond acceptors (Lipinski definition) is 2. The van der Waals surface area contributed by atoms with Crippen molar-refractivity contribution >= 4 is 18.3 Å². The predicted octanol–water partition coefficient (Wildman–Crippen LogP) is 2.59. The van der Waals surface area contributed by atoms with Crippen molar-refractivity contribution in [1.29, 1.82) is 0 Å². The molecular formula is C14H27ClN2O. The van der Waals surface area contributed by atoms with Gasteiger partial charge in [0.15, 0.2) is 0 Å². The van der Waals surface area contributed by atoms with E-state index in [1.807, 2.05) is 11.9 Å². The highest BCUT2D eigenvalue weighted by molar-refractivity contribution is 5.85. The van der Waals surface area contributed by atoms with Crippen molar-refractivity contribution in [2.45, 2.75) is 57.4 Å². The zero-order valence-corrected chi connectivity index (χ0v) is 12.3. The second-order valence-corrected chi connectivity index (χ2v) is 5.78. The molecule has 0 bridgehead atoms. The van der Waals surface area contributed by atoms with Crippen molar-refractivity contribution in [2.24, 2.45) is 5.92 Å². The second-order valence-electron chi connectivity index (χ2n) is 5.78. The first-order valence-electron chi connectivity index (χ1n) is 7.23. The Morgan fingerprint density at radius 3 is 2.50 bits per heavy atom. The molecule has 0 aromatic rings. The minimum absolute atomic E-state index is 0. The fourth-order valence-corrected chi connectivity index (χ4v) is 3.16. The summed E-state index contributed by atoms with van der Waals surface area (Å²) in [6.07, 6.45) is 9.84. The molecule has 0 radical (unpaired) electrons. The summed E-state index contributed by atoms with van der Waals surface area (Å²) < 4.78 is 0. The van der Waals surface area contributed by atoms with Crippen LogP contribution in [0.1, 0.15) is 51.4 Å². The number of hydrogen-bond donors (Lipinski definition) is 1. The van der Waals surface area contributed by atoms with Gasteiger partial charge in [0, 0.05) is 26.1 Å². The average Bonchev–Trinajstić information content (AvgIpc) is 2.83. The quantitative estimate of drug-likeness (QED) is 0.855. The van der Waals surface area contributed by atoms with Crippen LogP contribution in [-0.2, 0) is 4.79 Å². The van der Waals surface area contributed by atoms with E-state index in [1.165, 1.54) is 44.9 Å². The van der Waals surface area contributed by atoms with E-state index in [4.69, 9.17) is 0 Å². The molecule has 18 heavy (non-hydrogen) atoms. The van der Waals surface area contributed by atoms with E-state index in [0.29, 0.717) is 18.4 Å².